The van der Waals surface area contributed by atoms with E-state index in [-0.39, 0.29) is 23.8 Å². The quantitative estimate of drug-likeness (QED) is 0.562. The van der Waals surface area contributed by atoms with E-state index in [0.717, 1.165) is 6.42 Å². The summed E-state index contributed by atoms with van der Waals surface area (Å²) in [6.07, 6.45) is 0.797. The van der Waals surface area contributed by atoms with E-state index in [0.29, 0.717) is 41.1 Å². The van der Waals surface area contributed by atoms with Gasteiger partial charge in [0.2, 0.25) is 0 Å². The molecule has 0 atom stereocenters. The first-order chi connectivity index (χ1) is 15.6. The fraction of sp³-hybridized carbons (Fsp3) is 0.167. The van der Waals surface area contributed by atoms with Crippen molar-refractivity contribution in [3.8, 4) is 17.2 Å². The van der Waals surface area contributed by atoms with Gasteiger partial charge in [0, 0.05) is 28.9 Å². The normalized spacial score (nSPS) is 12.4. The molecule has 1 aliphatic rings. The lowest BCUT2D eigenvalue weighted by atomic mass is 10.2. The zero-order chi connectivity index (χ0) is 22.3. The van der Waals surface area contributed by atoms with E-state index in [1.807, 2.05) is 18.2 Å². The van der Waals surface area contributed by atoms with Gasteiger partial charge in [-0.1, -0.05) is 29.8 Å². The Kier molecular flexibility index (Phi) is 6.77. The van der Waals surface area contributed by atoms with Crippen LogP contribution in [0.1, 0.15) is 16.8 Å². The number of fused-ring (bicyclic) bond motifs is 1. The number of carbonyl (C=O) groups is 2. The topological polar surface area (TPSA) is 85.9 Å². The molecule has 0 bridgehead atoms. The van der Waals surface area contributed by atoms with Gasteiger partial charge in [0.1, 0.15) is 5.75 Å². The highest BCUT2D eigenvalue weighted by molar-refractivity contribution is 6.31. The minimum atomic E-state index is -0.392. The summed E-state index contributed by atoms with van der Waals surface area (Å²) in [6, 6.07) is 18.9. The van der Waals surface area contributed by atoms with Crippen LogP contribution in [0.5, 0.6) is 17.2 Å². The molecule has 0 spiro atoms. The molecule has 3 aromatic rings. The largest absolute Gasteiger partial charge is 0.490 e. The number of rotatable bonds is 6. The first kappa shape index (κ1) is 21.5. The Balaban J connectivity index is 1.40. The number of nitrogens with one attached hydrogen (secondary N) is 2. The summed E-state index contributed by atoms with van der Waals surface area (Å²) in [7, 11) is 0. The fourth-order valence-electron chi connectivity index (χ4n) is 3.11. The second-order valence-corrected chi connectivity index (χ2v) is 7.45. The lowest BCUT2D eigenvalue weighted by Gasteiger charge is -2.13. The van der Waals surface area contributed by atoms with Crippen LogP contribution in [0.4, 0.5) is 11.4 Å². The molecule has 2 N–H and O–H groups in total. The summed E-state index contributed by atoms with van der Waals surface area (Å²) >= 11 is 6.07. The summed E-state index contributed by atoms with van der Waals surface area (Å²) in [5.41, 5.74) is 1.42. The number of benzene rings is 3. The summed E-state index contributed by atoms with van der Waals surface area (Å²) < 4.78 is 16.9. The zero-order valence-electron chi connectivity index (χ0n) is 17.1. The number of halogens is 1. The Hall–Kier alpha value is -3.71. The number of amides is 2. The summed E-state index contributed by atoms with van der Waals surface area (Å²) in [5, 5.41) is 5.92. The van der Waals surface area contributed by atoms with Gasteiger partial charge in [0.15, 0.2) is 18.1 Å². The molecule has 1 aliphatic heterocycles. The first-order valence-corrected chi connectivity index (χ1v) is 10.4. The molecule has 3 aromatic carbocycles. The summed E-state index contributed by atoms with van der Waals surface area (Å²) in [4.78, 5) is 25.1. The molecular formula is C24H21ClN2O5. The Labute approximate surface area is 190 Å². The highest BCUT2D eigenvalue weighted by Crippen LogP contribution is 2.32. The smallest absolute Gasteiger partial charge is 0.262 e. The van der Waals surface area contributed by atoms with Gasteiger partial charge >= 0.3 is 0 Å². The van der Waals surface area contributed by atoms with Gasteiger partial charge < -0.3 is 24.8 Å². The number of hydrogen-bond acceptors (Lipinski definition) is 5. The van der Waals surface area contributed by atoms with Crippen molar-refractivity contribution in [3.63, 3.8) is 0 Å². The molecule has 0 fully saturated rings. The lowest BCUT2D eigenvalue weighted by Crippen LogP contribution is -2.21. The third-order valence-electron chi connectivity index (χ3n) is 4.61. The number of para-hydroxylation sites is 1. The Morgan fingerprint density at radius 3 is 2.47 bits per heavy atom. The van der Waals surface area contributed by atoms with Gasteiger partial charge in [0.25, 0.3) is 11.8 Å². The van der Waals surface area contributed by atoms with E-state index < -0.39 is 5.91 Å². The van der Waals surface area contributed by atoms with Crippen molar-refractivity contribution < 1.29 is 23.8 Å². The van der Waals surface area contributed by atoms with Crippen molar-refractivity contribution in [2.75, 3.05) is 30.5 Å². The number of anilines is 2. The van der Waals surface area contributed by atoms with Gasteiger partial charge in [-0.05, 0) is 42.5 Å². The van der Waals surface area contributed by atoms with Crippen LogP contribution < -0.4 is 24.8 Å². The van der Waals surface area contributed by atoms with E-state index in [1.54, 1.807) is 42.5 Å². The molecule has 164 valence electrons. The third kappa shape index (κ3) is 5.50. The van der Waals surface area contributed by atoms with E-state index in [4.69, 9.17) is 25.8 Å². The molecule has 8 heteroatoms. The molecule has 0 saturated carbocycles. The molecule has 0 unspecified atom stereocenters. The van der Waals surface area contributed by atoms with Crippen LogP contribution in [0.2, 0.25) is 5.02 Å². The van der Waals surface area contributed by atoms with Crippen molar-refractivity contribution in [1.29, 1.82) is 0 Å². The van der Waals surface area contributed by atoms with E-state index in [2.05, 4.69) is 10.6 Å². The van der Waals surface area contributed by atoms with Crippen molar-refractivity contribution in [1.82, 2.24) is 0 Å². The second-order valence-electron chi connectivity index (χ2n) is 7.01. The highest BCUT2D eigenvalue weighted by atomic mass is 35.5. The van der Waals surface area contributed by atoms with Gasteiger partial charge in [-0.15, -0.1) is 0 Å². The molecule has 7 nitrogen and oxygen atoms in total. The van der Waals surface area contributed by atoms with Gasteiger partial charge in [-0.25, -0.2) is 0 Å². The number of carbonyl (C=O) groups excluding carboxylic acids is 2. The van der Waals surface area contributed by atoms with Crippen LogP contribution in [-0.4, -0.2) is 31.6 Å². The maximum atomic E-state index is 12.7. The third-order valence-corrected chi connectivity index (χ3v) is 4.84. The summed E-state index contributed by atoms with van der Waals surface area (Å²) in [6.45, 7) is 0.855. The van der Waals surface area contributed by atoms with Crippen LogP contribution in [0, 0.1) is 0 Å². The molecule has 0 saturated heterocycles. The van der Waals surface area contributed by atoms with Crippen LogP contribution in [0.25, 0.3) is 0 Å². The van der Waals surface area contributed by atoms with Crippen molar-refractivity contribution in [2.45, 2.75) is 6.42 Å². The lowest BCUT2D eigenvalue weighted by molar-refractivity contribution is -0.118. The van der Waals surface area contributed by atoms with Crippen molar-refractivity contribution in [3.05, 3.63) is 77.3 Å². The van der Waals surface area contributed by atoms with E-state index in [1.165, 1.54) is 6.07 Å². The van der Waals surface area contributed by atoms with E-state index in [9.17, 15) is 9.59 Å². The number of hydrogen-bond donors (Lipinski definition) is 2. The Bertz CT molecular complexity index is 1120. The molecule has 0 aliphatic carbocycles. The second kappa shape index (κ2) is 10.1. The van der Waals surface area contributed by atoms with Crippen LogP contribution in [-0.2, 0) is 4.79 Å². The average Bonchev–Trinajstić information content (AvgIpc) is 3.04. The highest BCUT2D eigenvalue weighted by Gasteiger charge is 2.16. The predicted molar refractivity (Wildman–Crippen MR) is 122 cm³/mol. The molecule has 0 aromatic heterocycles. The Morgan fingerprint density at radius 2 is 1.66 bits per heavy atom. The SMILES string of the molecule is O=C(COc1ccc(Cl)cc1C(=O)Nc1ccccc1)Nc1ccc2c(c1)OCCCO2. The summed E-state index contributed by atoms with van der Waals surface area (Å²) in [5.74, 6) is 0.697. The molecule has 1 heterocycles. The van der Waals surface area contributed by atoms with Crippen LogP contribution in [0.15, 0.2) is 66.7 Å². The molecule has 0 radical (unpaired) electrons. The maximum Gasteiger partial charge on any atom is 0.262 e. The Morgan fingerprint density at radius 1 is 0.875 bits per heavy atom. The van der Waals surface area contributed by atoms with E-state index >= 15 is 0 Å². The average molecular weight is 453 g/mol. The predicted octanol–water partition coefficient (Wildman–Crippen LogP) is 4.77. The van der Waals surface area contributed by atoms with Crippen molar-refractivity contribution in [2.24, 2.45) is 0 Å². The fourth-order valence-corrected chi connectivity index (χ4v) is 3.28. The van der Waals surface area contributed by atoms with Crippen LogP contribution in [0.3, 0.4) is 0 Å². The molecule has 2 amide bonds. The maximum absolute atomic E-state index is 12.7. The molecular weight excluding hydrogens is 432 g/mol. The van der Waals surface area contributed by atoms with Gasteiger partial charge in [-0.2, -0.15) is 0 Å². The van der Waals surface area contributed by atoms with Gasteiger partial charge in [-0.3, -0.25) is 9.59 Å². The zero-order valence-corrected chi connectivity index (χ0v) is 17.9. The first-order valence-electron chi connectivity index (χ1n) is 10.1. The minimum absolute atomic E-state index is 0.227. The van der Waals surface area contributed by atoms with Crippen molar-refractivity contribution >= 4 is 34.8 Å². The van der Waals surface area contributed by atoms with Gasteiger partial charge in [0.05, 0.1) is 18.8 Å². The monoisotopic (exact) mass is 452 g/mol. The molecule has 4 rings (SSSR count). The minimum Gasteiger partial charge on any atom is -0.490 e. The number of ether oxygens (including phenoxy) is 3. The molecule has 32 heavy (non-hydrogen) atoms. The standard InChI is InChI=1S/C24H21ClN2O5/c25-16-7-9-20(19(13-16)24(29)27-17-5-2-1-3-6-17)32-15-23(28)26-18-8-10-21-22(14-18)31-12-4-11-30-21/h1-3,5-10,13-14H,4,11-12,15H2,(H,26,28)(H,27,29). The van der Waals surface area contributed by atoms with Crippen LogP contribution >= 0.6 is 11.6 Å².